The van der Waals surface area contributed by atoms with Crippen LogP contribution in [0.1, 0.15) is 23.2 Å². The highest BCUT2D eigenvalue weighted by atomic mass is 32.2. The molecular formula is C19H19N5O4S. The van der Waals surface area contributed by atoms with E-state index >= 15 is 0 Å². The molecule has 0 radical (unpaired) electrons. The fourth-order valence-electron chi connectivity index (χ4n) is 2.72. The molecule has 0 spiro atoms. The van der Waals surface area contributed by atoms with Gasteiger partial charge in [-0.15, -0.1) is 0 Å². The van der Waals surface area contributed by atoms with Gasteiger partial charge in [-0.05, 0) is 43.2 Å². The Hall–Kier alpha value is -3.24. The van der Waals surface area contributed by atoms with Gasteiger partial charge in [0.05, 0.1) is 19.0 Å². The first kappa shape index (κ1) is 19.1. The van der Waals surface area contributed by atoms with Crippen LogP contribution in [0, 0.1) is 0 Å². The molecule has 2 aromatic heterocycles. The van der Waals surface area contributed by atoms with Crippen molar-refractivity contribution in [3.8, 4) is 11.6 Å². The van der Waals surface area contributed by atoms with Gasteiger partial charge in [0.15, 0.2) is 0 Å². The molecule has 1 amide bonds. The van der Waals surface area contributed by atoms with Gasteiger partial charge in [0.1, 0.15) is 22.8 Å². The van der Waals surface area contributed by atoms with E-state index in [2.05, 4.69) is 20.0 Å². The number of benzene rings is 1. The van der Waals surface area contributed by atoms with Gasteiger partial charge in [-0.1, -0.05) is 0 Å². The highest BCUT2D eigenvalue weighted by molar-refractivity contribution is 7.89. The summed E-state index contributed by atoms with van der Waals surface area (Å²) >= 11 is 0. The molecule has 2 heterocycles. The Morgan fingerprint density at radius 1 is 1.24 bits per heavy atom. The maximum atomic E-state index is 12.6. The zero-order valence-electron chi connectivity index (χ0n) is 15.6. The lowest BCUT2D eigenvalue weighted by Gasteiger charge is -2.12. The van der Waals surface area contributed by atoms with E-state index in [1.807, 2.05) is 0 Å². The summed E-state index contributed by atoms with van der Waals surface area (Å²) in [6.07, 6.45) is 8.16. The zero-order valence-corrected chi connectivity index (χ0v) is 16.4. The van der Waals surface area contributed by atoms with E-state index in [1.165, 1.54) is 31.5 Å². The van der Waals surface area contributed by atoms with Crippen LogP contribution in [-0.2, 0) is 10.0 Å². The fourth-order valence-corrected chi connectivity index (χ4v) is 4.22. The monoisotopic (exact) mass is 413 g/mol. The third kappa shape index (κ3) is 4.28. The molecule has 10 heteroatoms. The summed E-state index contributed by atoms with van der Waals surface area (Å²) in [5, 5.41) is 2.72. The van der Waals surface area contributed by atoms with Crippen LogP contribution < -0.4 is 14.8 Å². The predicted molar refractivity (Wildman–Crippen MR) is 106 cm³/mol. The van der Waals surface area contributed by atoms with Gasteiger partial charge in [0.25, 0.3) is 5.91 Å². The second-order valence-corrected chi connectivity index (χ2v) is 8.27. The number of hydrogen-bond acceptors (Lipinski definition) is 6. The van der Waals surface area contributed by atoms with Gasteiger partial charge in [0, 0.05) is 24.0 Å². The van der Waals surface area contributed by atoms with Crippen molar-refractivity contribution in [3.05, 3.63) is 60.8 Å². The van der Waals surface area contributed by atoms with Crippen LogP contribution >= 0.6 is 0 Å². The van der Waals surface area contributed by atoms with Crippen LogP contribution in [0.4, 0.5) is 5.69 Å². The maximum absolute atomic E-state index is 12.6. The van der Waals surface area contributed by atoms with Crippen LogP contribution in [-0.4, -0.2) is 42.0 Å². The number of carbonyl (C=O) groups excluding carboxylic acids is 1. The average Bonchev–Trinajstić information content (AvgIpc) is 3.35. The van der Waals surface area contributed by atoms with Gasteiger partial charge in [-0.2, -0.15) is 0 Å². The summed E-state index contributed by atoms with van der Waals surface area (Å²) < 4.78 is 34.7. The molecule has 1 fully saturated rings. The first-order chi connectivity index (χ1) is 14.0. The molecule has 29 heavy (non-hydrogen) atoms. The lowest BCUT2D eigenvalue weighted by Crippen LogP contribution is -2.26. The maximum Gasteiger partial charge on any atom is 0.255 e. The first-order valence-electron chi connectivity index (χ1n) is 8.92. The van der Waals surface area contributed by atoms with Crippen LogP contribution in [0.2, 0.25) is 0 Å². The Kier molecular flexibility index (Phi) is 5.03. The lowest BCUT2D eigenvalue weighted by atomic mass is 10.2. The van der Waals surface area contributed by atoms with Gasteiger partial charge in [0.2, 0.25) is 10.0 Å². The smallest absolute Gasteiger partial charge is 0.255 e. The summed E-state index contributed by atoms with van der Waals surface area (Å²) in [5.74, 6) is 0.387. The summed E-state index contributed by atoms with van der Waals surface area (Å²) in [5.41, 5.74) is 0.677. The zero-order chi connectivity index (χ0) is 20.4. The third-order valence-electron chi connectivity index (χ3n) is 4.39. The second-order valence-electron chi connectivity index (χ2n) is 6.59. The highest BCUT2D eigenvalue weighted by Gasteiger charge is 2.30. The highest BCUT2D eigenvalue weighted by Crippen LogP contribution is 2.28. The topological polar surface area (TPSA) is 115 Å². The third-order valence-corrected chi connectivity index (χ3v) is 5.93. The number of sulfonamides is 1. The Bertz CT molecular complexity index is 1120. The standard InChI is InChI=1S/C19H19N5O4S/c1-28-16-6-2-13(10-17(16)29(26,27)23-14-3-4-14)19(25)22-15-5-7-18(21-11-15)24-9-8-20-12-24/h2,5-12,14,23H,3-4H2,1H3,(H,22,25). The van der Waals surface area contributed by atoms with E-state index in [0.717, 1.165) is 12.8 Å². The van der Waals surface area contributed by atoms with E-state index in [9.17, 15) is 13.2 Å². The lowest BCUT2D eigenvalue weighted by molar-refractivity contribution is 0.102. The van der Waals surface area contributed by atoms with Gasteiger partial charge >= 0.3 is 0 Å². The SMILES string of the molecule is COc1ccc(C(=O)Nc2ccc(-n3ccnc3)nc2)cc1S(=O)(=O)NC1CC1. The normalized spacial score (nSPS) is 13.8. The molecule has 4 rings (SSSR count). The van der Waals surface area contributed by atoms with Gasteiger partial charge in [-0.25, -0.2) is 23.1 Å². The number of pyridine rings is 1. The minimum atomic E-state index is -3.78. The molecule has 0 unspecified atom stereocenters. The molecule has 0 atom stereocenters. The minimum Gasteiger partial charge on any atom is -0.495 e. The number of imidazole rings is 1. The number of rotatable bonds is 7. The molecule has 1 saturated carbocycles. The van der Waals surface area contributed by atoms with E-state index in [4.69, 9.17) is 4.74 Å². The number of hydrogen-bond donors (Lipinski definition) is 2. The second kappa shape index (κ2) is 7.64. The van der Waals surface area contributed by atoms with Crippen molar-refractivity contribution in [3.63, 3.8) is 0 Å². The molecule has 1 aliphatic carbocycles. The average molecular weight is 413 g/mol. The fraction of sp³-hybridized carbons (Fsp3) is 0.211. The Balaban J connectivity index is 1.54. The molecule has 1 aliphatic rings. The number of nitrogens with zero attached hydrogens (tertiary/aromatic N) is 3. The van der Waals surface area contributed by atoms with Crippen molar-refractivity contribution in [2.75, 3.05) is 12.4 Å². The molecule has 150 valence electrons. The molecule has 0 saturated heterocycles. The Morgan fingerprint density at radius 2 is 2.07 bits per heavy atom. The number of aromatic nitrogens is 3. The van der Waals surface area contributed by atoms with E-state index in [-0.39, 0.29) is 22.3 Å². The van der Waals surface area contributed by atoms with Gasteiger partial charge in [-0.3, -0.25) is 9.36 Å². The predicted octanol–water partition coefficient (Wildman–Crippen LogP) is 1.97. The number of nitrogens with one attached hydrogen (secondary N) is 2. The molecule has 9 nitrogen and oxygen atoms in total. The molecule has 0 bridgehead atoms. The van der Waals surface area contributed by atoms with E-state index in [1.54, 1.807) is 35.4 Å². The summed E-state index contributed by atoms with van der Waals surface area (Å²) in [6.45, 7) is 0. The molecule has 3 aromatic rings. The van der Waals surface area contributed by atoms with Crippen LogP contribution in [0.25, 0.3) is 5.82 Å². The van der Waals surface area contributed by atoms with Gasteiger partial charge < -0.3 is 10.1 Å². The molecule has 2 N–H and O–H groups in total. The number of methoxy groups -OCH3 is 1. The minimum absolute atomic E-state index is 0.0534. The number of carbonyl (C=O) groups is 1. The first-order valence-corrected chi connectivity index (χ1v) is 10.4. The number of anilines is 1. The quantitative estimate of drug-likeness (QED) is 0.612. The van der Waals surface area contributed by atoms with Crippen molar-refractivity contribution in [2.24, 2.45) is 0 Å². The van der Waals surface area contributed by atoms with E-state index in [0.29, 0.717) is 11.5 Å². The van der Waals surface area contributed by atoms with Crippen molar-refractivity contribution in [1.29, 1.82) is 0 Å². The Labute approximate surface area is 167 Å². The molecule has 1 aromatic carbocycles. The van der Waals surface area contributed by atoms with Crippen molar-refractivity contribution in [1.82, 2.24) is 19.3 Å². The molecule has 0 aliphatic heterocycles. The number of ether oxygens (including phenoxy) is 1. The summed E-state index contributed by atoms with van der Waals surface area (Å²) in [4.78, 5) is 20.8. The largest absolute Gasteiger partial charge is 0.495 e. The molecular weight excluding hydrogens is 394 g/mol. The van der Waals surface area contributed by atoms with E-state index < -0.39 is 15.9 Å². The Morgan fingerprint density at radius 3 is 2.69 bits per heavy atom. The number of amides is 1. The van der Waals surface area contributed by atoms with Crippen LogP contribution in [0.5, 0.6) is 5.75 Å². The van der Waals surface area contributed by atoms with Crippen molar-refractivity contribution < 1.29 is 17.9 Å². The van der Waals surface area contributed by atoms with Crippen LogP contribution in [0.3, 0.4) is 0 Å². The summed E-state index contributed by atoms with van der Waals surface area (Å²) in [7, 11) is -2.39. The summed E-state index contributed by atoms with van der Waals surface area (Å²) in [6, 6.07) is 7.68. The van der Waals surface area contributed by atoms with Crippen molar-refractivity contribution in [2.45, 2.75) is 23.8 Å². The van der Waals surface area contributed by atoms with Crippen molar-refractivity contribution >= 4 is 21.6 Å². The van der Waals surface area contributed by atoms with Crippen LogP contribution in [0.15, 0.2) is 60.1 Å².